The Morgan fingerprint density at radius 2 is 1.84 bits per heavy atom. The van der Waals surface area contributed by atoms with Crippen LogP contribution in [0.2, 0.25) is 0 Å². The Balaban J connectivity index is 1.68. The van der Waals surface area contributed by atoms with E-state index in [0.717, 1.165) is 29.7 Å². The van der Waals surface area contributed by atoms with Crippen LogP contribution in [0, 0.1) is 0 Å². The molecule has 2 heterocycles. The molecule has 1 unspecified atom stereocenters. The van der Waals surface area contributed by atoms with Crippen LogP contribution in [0.4, 0.5) is 5.69 Å². The van der Waals surface area contributed by atoms with Crippen molar-refractivity contribution in [3.05, 3.63) is 59.7 Å². The predicted octanol–water partition coefficient (Wildman–Crippen LogP) is 3.10. The van der Waals surface area contributed by atoms with Gasteiger partial charge in [-0.05, 0) is 48.6 Å². The summed E-state index contributed by atoms with van der Waals surface area (Å²) >= 11 is 0. The normalized spacial score (nSPS) is 21.0. The molecule has 1 amide bonds. The summed E-state index contributed by atoms with van der Waals surface area (Å²) in [6, 6.07) is 14.7. The molecule has 0 aromatic heterocycles. The van der Waals surface area contributed by atoms with E-state index in [9.17, 15) is 13.2 Å². The van der Waals surface area contributed by atoms with Gasteiger partial charge in [0.2, 0.25) is 15.9 Å². The van der Waals surface area contributed by atoms with Crippen LogP contribution >= 0.6 is 0 Å². The minimum Gasteiger partial charge on any atom is -0.326 e. The van der Waals surface area contributed by atoms with Crippen LogP contribution in [0.25, 0.3) is 0 Å². The highest BCUT2D eigenvalue weighted by Gasteiger charge is 2.36. The van der Waals surface area contributed by atoms with Crippen LogP contribution in [0.5, 0.6) is 0 Å². The Morgan fingerprint density at radius 1 is 1.04 bits per heavy atom. The van der Waals surface area contributed by atoms with Gasteiger partial charge in [-0.25, -0.2) is 8.42 Å². The Morgan fingerprint density at radius 3 is 2.64 bits per heavy atom. The van der Waals surface area contributed by atoms with Crippen LogP contribution in [0.1, 0.15) is 36.4 Å². The van der Waals surface area contributed by atoms with Crippen molar-refractivity contribution in [2.45, 2.75) is 36.6 Å². The number of amides is 1. The van der Waals surface area contributed by atoms with Gasteiger partial charge in [0.15, 0.2) is 0 Å². The van der Waals surface area contributed by atoms with E-state index >= 15 is 0 Å². The van der Waals surface area contributed by atoms with Gasteiger partial charge in [0.25, 0.3) is 0 Å². The molecular weight excluding hydrogens is 336 g/mol. The third-order valence-corrected chi connectivity index (χ3v) is 6.87. The van der Waals surface area contributed by atoms with Crippen molar-refractivity contribution in [2.75, 3.05) is 11.9 Å². The molecule has 2 aromatic rings. The molecular formula is C19H20N2O3S. The topological polar surface area (TPSA) is 66.5 Å². The van der Waals surface area contributed by atoms with Gasteiger partial charge in [0.1, 0.15) is 0 Å². The molecule has 25 heavy (non-hydrogen) atoms. The molecule has 0 aliphatic carbocycles. The maximum atomic E-state index is 13.2. The van der Waals surface area contributed by atoms with Gasteiger partial charge in [-0.2, -0.15) is 4.31 Å². The summed E-state index contributed by atoms with van der Waals surface area (Å²) in [7, 11) is -3.56. The van der Waals surface area contributed by atoms with Crippen LogP contribution in [0.3, 0.4) is 0 Å². The lowest BCUT2D eigenvalue weighted by Gasteiger charge is -2.25. The smallest absolute Gasteiger partial charge is 0.243 e. The Kier molecular flexibility index (Phi) is 4.09. The Hall–Kier alpha value is -2.18. The van der Waals surface area contributed by atoms with Crippen LogP contribution in [-0.2, 0) is 21.2 Å². The molecule has 130 valence electrons. The summed E-state index contributed by atoms with van der Waals surface area (Å²) < 4.78 is 28.0. The monoisotopic (exact) mass is 356 g/mol. The number of fused-ring (bicyclic) bond motifs is 1. The molecule has 4 rings (SSSR count). The Labute approximate surface area is 147 Å². The summed E-state index contributed by atoms with van der Waals surface area (Å²) in [5, 5.41) is 2.80. The van der Waals surface area contributed by atoms with Gasteiger partial charge in [-0.1, -0.05) is 30.3 Å². The number of aryl methyl sites for hydroxylation is 1. The second-order valence-electron chi connectivity index (χ2n) is 6.55. The van der Waals surface area contributed by atoms with E-state index in [0.29, 0.717) is 24.3 Å². The molecule has 2 aromatic carbocycles. The SMILES string of the molecule is O=C1CCc2cc(S(=O)(=O)N3CCCC3c3ccccc3)ccc2N1. The second kappa shape index (κ2) is 6.28. The highest BCUT2D eigenvalue weighted by molar-refractivity contribution is 7.89. The van der Waals surface area contributed by atoms with E-state index in [1.165, 1.54) is 0 Å². The van der Waals surface area contributed by atoms with Crippen molar-refractivity contribution in [1.82, 2.24) is 4.31 Å². The first-order chi connectivity index (χ1) is 12.1. The van der Waals surface area contributed by atoms with Crippen LogP contribution in [-0.4, -0.2) is 25.2 Å². The summed E-state index contributed by atoms with van der Waals surface area (Å²) in [5.74, 6) is -0.0215. The number of sulfonamides is 1. The standard InChI is InChI=1S/C19H20N2O3S/c22-19-11-8-15-13-16(9-10-17(15)20-19)25(23,24)21-12-4-7-18(21)14-5-2-1-3-6-14/h1-3,5-6,9-10,13,18H,4,7-8,11-12H2,(H,20,22). The highest BCUT2D eigenvalue weighted by atomic mass is 32.2. The first kappa shape index (κ1) is 16.3. The quantitative estimate of drug-likeness (QED) is 0.919. The van der Waals surface area contributed by atoms with E-state index in [2.05, 4.69) is 5.32 Å². The molecule has 0 bridgehead atoms. The number of hydrogen-bond acceptors (Lipinski definition) is 3. The number of anilines is 1. The van der Waals surface area contributed by atoms with Gasteiger partial charge in [0.05, 0.1) is 10.9 Å². The summed E-state index contributed by atoms with van der Waals surface area (Å²) in [6.07, 6.45) is 2.67. The molecule has 1 atom stereocenters. The molecule has 1 N–H and O–H groups in total. The van der Waals surface area contributed by atoms with Crippen molar-refractivity contribution in [2.24, 2.45) is 0 Å². The zero-order valence-corrected chi connectivity index (χ0v) is 14.6. The molecule has 2 aliphatic rings. The number of nitrogens with one attached hydrogen (secondary N) is 1. The minimum absolute atomic E-state index is 0.0215. The van der Waals surface area contributed by atoms with Gasteiger partial charge in [-0.15, -0.1) is 0 Å². The van der Waals surface area contributed by atoms with E-state index in [1.807, 2.05) is 30.3 Å². The number of nitrogens with zero attached hydrogens (tertiary/aromatic N) is 1. The number of carbonyl (C=O) groups is 1. The zero-order valence-electron chi connectivity index (χ0n) is 13.8. The van der Waals surface area contributed by atoms with Gasteiger partial charge < -0.3 is 5.32 Å². The van der Waals surface area contributed by atoms with Crippen LogP contribution < -0.4 is 5.32 Å². The first-order valence-electron chi connectivity index (χ1n) is 8.55. The fourth-order valence-electron chi connectivity index (χ4n) is 3.69. The first-order valence-corrected chi connectivity index (χ1v) is 9.99. The third kappa shape index (κ3) is 2.96. The zero-order chi connectivity index (χ0) is 17.4. The minimum atomic E-state index is -3.56. The number of hydrogen-bond donors (Lipinski definition) is 1. The molecule has 1 saturated heterocycles. The second-order valence-corrected chi connectivity index (χ2v) is 8.44. The van der Waals surface area contributed by atoms with Gasteiger partial charge in [0, 0.05) is 18.7 Å². The van der Waals surface area contributed by atoms with E-state index < -0.39 is 10.0 Å². The van der Waals surface area contributed by atoms with Crippen LogP contribution in [0.15, 0.2) is 53.4 Å². The van der Waals surface area contributed by atoms with Crippen molar-refractivity contribution in [3.63, 3.8) is 0 Å². The lowest BCUT2D eigenvalue weighted by atomic mass is 10.0. The molecule has 1 fully saturated rings. The summed E-state index contributed by atoms with van der Waals surface area (Å²) in [4.78, 5) is 11.8. The molecule has 2 aliphatic heterocycles. The molecule has 0 spiro atoms. The average Bonchev–Trinajstić information content (AvgIpc) is 3.12. The molecule has 0 radical (unpaired) electrons. The highest BCUT2D eigenvalue weighted by Crippen LogP contribution is 2.37. The largest absolute Gasteiger partial charge is 0.326 e. The lowest BCUT2D eigenvalue weighted by Crippen LogP contribution is -2.31. The maximum Gasteiger partial charge on any atom is 0.243 e. The van der Waals surface area contributed by atoms with Crippen molar-refractivity contribution >= 4 is 21.6 Å². The van der Waals surface area contributed by atoms with Crippen molar-refractivity contribution < 1.29 is 13.2 Å². The van der Waals surface area contributed by atoms with E-state index in [4.69, 9.17) is 0 Å². The average molecular weight is 356 g/mol. The number of carbonyl (C=O) groups excluding carboxylic acids is 1. The van der Waals surface area contributed by atoms with Gasteiger partial charge >= 0.3 is 0 Å². The predicted molar refractivity (Wildman–Crippen MR) is 95.7 cm³/mol. The van der Waals surface area contributed by atoms with E-state index in [-0.39, 0.29) is 11.9 Å². The summed E-state index contributed by atoms with van der Waals surface area (Å²) in [6.45, 7) is 0.537. The summed E-state index contributed by atoms with van der Waals surface area (Å²) in [5.41, 5.74) is 2.64. The molecule has 0 saturated carbocycles. The maximum absolute atomic E-state index is 13.2. The van der Waals surface area contributed by atoms with Crippen molar-refractivity contribution in [1.29, 1.82) is 0 Å². The fourth-order valence-corrected chi connectivity index (χ4v) is 5.43. The lowest BCUT2D eigenvalue weighted by molar-refractivity contribution is -0.116. The van der Waals surface area contributed by atoms with E-state index in [1.54, 1.807) is 22.5 Å². The van der Waals surface area contributed by atoms with Crippen molar-refractivity contribution in [3.8, 4) is 0 Å². The fraction of sp³-hybridized carbons (Fsp3) is 0.316. The molecule has 6 heteroatoms. The third-order valence-electron chi connectivity index (χ3n) is 4.97. The van der Waals surface area contributed by atoms with Gasteiger partial charge in [-0.3, -0.25) is 4.79 Å². The Bertz CT molecular complexity index is 910. The number of benzene rings is 2. The molecule has 5 nitrogen and oxygen atoms in total. The number of rotatable bonds is 3.